The molecular weight excluding hydrogens is 225 g/mol. The van der Waals surface area contributed by atoms with Crippen LogP contribution in [0.15, 0.2) is 23.4 Å². The van der Waals surface area contributed by atoms with E-state index >= 15 is 0 Å². The van der Waals surface area contributed by atoms with E-state index in [-0.39, 0.29) is 0 Å². The zero-order valence-corrected chi connectivity index (χ0v) is 8.74. The number of hydrogen-bond acceptors (Lipinski definition) is 3. The predicted molar refractivity (Wildman–Crippen MR) is 53.6 cm³/mol. The van der Waals surface area contributed by atoms with Gasteiger partial charge >= 0.3 is 6.18 Å². The van der Waals surface area contributed by atoms with Crippen molar-refractivity contribution in [1.82, 2.24) is 4.98 Å². The number of thioether (sulfide) groups is 1. The topological polar surface area (TPSA) is 38.9 Å². The number of hydrogen-bond donors (Lipinski definition) is 1. The maximum absolute atomic E-state index is 12.2. The summed E-state index contributed by atoms with van der Waals surface area (Å²) in [6.07, 6.45) is -2.63. The van der Waals surface area contributed by atoms with Gasteiger partial charge in [0.15, 0.2) is 0 Å². The summed E-state index contributed by atoms with van der Waals surface area (Å²) < 4.78 is 36.5. The van der Waals surface area contributed by atoms with Gasteiger partial charge in [0, 0.05) is 11.9 Å². The molecule has 1 rings (SSSR count). The minimum atomic E-state index is -4.31. The molecule has 0 atom stereocenters. The second kappa shape index (κ2) is 5.37. The first-order valence-electron chi connectivity index (χ1n) is 4.40. The van der Waals surface area contributed by atoms with Crippen molar-refractivity contribution in [3.05, 3.63) is 23.9 Å². The lowest BCUT2D eigenvalue weighted by molar-refractivity contribution is -0.137. The van der Waals surface area contributed by atoms with Gasteiger partial charge in [0.05, 0.1) is 10.6 Å². The highest BCUT2D eigenvalue weighted by Gasteiger charge is 2.30. The van der Waals surface area contributed by atoms with Crippen LogP contribution >= 0.6 is 11.8 Å². The molecule has 0 aliphatic rings. The minimum Gasteiger partial charge on any atom is -0.330 e. The molecular formula is C9H11F3N2S. The molecule has 0 bridgehead atoms. The third kappa shape index (κ3) is 4.09. The van der Waals surface area contributed by atoms with E-state index in [2.05, 4.69) is 4.98 Å². The third-order valence-electron chi connectivity index (χ3n) is 1.66. The first-order valence-corrected chi connectivity index (χ1v) is 5.38. The van der Waals surface area contributed by atoms with Crippen molar-refractivity contribution in [3.8, 4) is 0 Å². The lowest BCUT2D eigenvalue weighted by Crippen LogP contribution is -2.05. The molecule has 15 heavy (non-hydrogen) atoms. The Morgan fingerprint density at radius 1 is 1.33 bits per heavy atom. The summed E-state index contributed by atoms with van der Waals surface area (Å²) in [7, 11) is 0. The smallest absolute Gasteiger partial charge is 0.330 e. The first kappa shape index (κ1) is 12.3. The molecule has 0 aliphatic heterocycles. The number of nitrogens with two attached hydrogens (primary N) is 1. The van der Waals surface area contributed by atoms with Crippen LogP contribution in [-0.4, -0.2) is 17.3 Å². The Bertz CT molecular complexity index is 297. The zero-order valence-electron chi connectivity index (χ0n) is 7.92. The standard InChI is InChI=1S/C9H11F3N2S/c10-9(11,12)7-2-3-8(14-6-7)15-5-1-4-13/h2-3,6H,1,4-5,13H2. The van der Waals surface area contributed by atoms with Crippen LogP contribution in [0.25, 0.3) is 0 Å². The summed E-state index contributed by atoms with van der Waals surface area (Å²) in [6, 6.07) is 2.42. The summed E-state index contributed by atoms with van der Waals surface area (Å²) in [5, 5.41) is 0.594. The Morgan fingerprint density at radius 3 is 2.53 bits per heavy atom. The molecule has 0 saturated heterocycles. The van der Waals surface area contributed by atoms with Gasteiger partial charge in [-0.2, -0.15) is 13.2 Å². The SMILES string of the molecule is NCCCSc1ccc(C(F)(F)F)cn1. The molecule has 0 spiro atoms. The highest BCUT2D eigenvalue weighted by atomic mass is 32.2. The van der Waals surface area contributed by atoms with E-state index in [9.17, 15) is 13.2 Å². The van der Waals surface area contributed by atoms with Crippen molar-refractivity contribution >= 4 is 11.8 Å². The molecule has 1 heterocycles. The quantitative estimate of drug-likeness (QED) is 0.645. The number of halogens is 3. The van der Waals surface area contributed by atoms with Crippen LogP contribution < -0.4 is 5.73 Å². The maximum Gasteiger partial charge on any atom is 0.417 e. The number of rotatable bonds is 4. The highest BCUT2D eigenvalue weighted by Crippen LogP contribution is 2.29. The summed E-state index contributed by atoms with van der Waals surface area (Å²) in [4.78, 5) is 3.72. The molecule has 0 amide bonds. The molecule has 2 nitrogen and oxygen atoms in total. The Kier molecular flexibility index (Phi) is 4.41. The zero-order chi connectivity index (χ0) is 11.3. The van der Waals surface area contributed by atoms with Crippen molar-refractivity contribution in [2.24, 2.45) is 5.73 Å². The fourth-order valence-corrected chi connectivity index (χ4v) is 1.71. The van der Waals surface area contributed by atoms with Gasteiger partial charge in [-0.1, -0.05) is 0 Å². The van der Waals surface area contributed by atoms with Crippen molar-refractivity contribution < 1.29 is 13.2 Å². The van der Waals surface area contributed by atoms with Crippen molar-refractivity contribution in [1.29, 1.82) is 0 Å². The van der Waals surface area contributed by atoms with E-state index in [1.807, 2.05) is 0 Å². The molecule has 1 aromatic heterocycles. The van der Waals surface area contributed by atoms with Crippen molar-refractivity contribution in [3.63, 3.8) is 0 Å². The monoisotopic (exact) mass is 236 g/mol. The van der Waals surface area contributed by atoms with Crippen LogP contribution in [0.4, 0.5) is 13.2 Å². The van der Waals surface area contributed by atoms with E-state index in [1.54, 1.807) is 0 Å². The first-order chi connectivity index (χ1) is 7.04. The number of nitrogens with zero attached hydrogens (tertiary/aromatic N) is 1. The van der Waals surface area contributed by atoms with E-state index < -0.39 is 11.7 Å². The van der Waals surface area contributed by atoms with Gasteiger partial charge in [-0.25, -0.2) is 4.98 Å². The Morgan fingerprint density at radius 2 is 2.07 bits per heavy atom. The largest absolute Gasteiger partial charge is 0.417 e. The molecule has 84 valence electrons. The second-order valence-electron chi connectivity index (χ2n) is 2.87. The Balaban J connectivity index is 2.57. The second-order valence-corrected chi connectivity index (χ2v) is 3.99. The Labute approximate surface area is 90.1 Å². The van der Waals surface area contributed by atoms with Crippen LogP contribution in [0.1, 0.15) is 12.0 Å². The highest BCUT2D eigenvalue weighted by molar-refractivity contribution is 7.99. The number of aromatic nitrogens is 1. The van der Waals surface area contributed by atoms with Gasteiger partial charge in [0.25, 0.3) is 0 Å². The predicted octanol–water partition coefficient (Wildman–Crippen LogP) is 2.54. The molecule has 0 fully saturated rings. The van der Waals surface area contributed by atoms with Gasteiger partial charge in [-0.05, 0) is 25.1 Å². The van der Waals surface area contributed by atoms with Gasteiger partial charge in [0.2, 0.25) is 0 Å². The maximum atomic E-state index is 12.2. The summed E-state index contributed by atoms with van der Waals surface area (Å²) in [5.41, 5.74) is 4.57. The van der Waals surface area contributed by atoms with Gasteiger partial charge in [0.1, 0.15) is 0 Å². The van der Waals surface area contributed by atoms with Crippen LogP contribution in [0.3, 0.4) is 0 Å². The van der Waals surface area contributed by atoms with Gasteiger partial charge in [-0.15, -0.1) is 11.8 Å². The van der Waals surface area contributed by atoms with Crippen LogP contribution in [0.5, 0.6) is 0 Å². The average molecular weight is 236 g/mol. The molecule has 6 heteroatoms. The van der Waals surface area contributed by atoms with Crippen LogP contribution in [0, 0.1) is 0 Å². The van der Waals surface area contributed by atoms with Crippen LogP contribution in [-0.2, 0) is 6.18 Å². The molecule has 0 aromatic carbocycles. The Hall–Kier alpha value is -0.750. The molecule has 2 N–H and O–H groups in total. The van der Waals surface area contributed by atoms with E-state index in [0.29, 0.717) is 11.6 Å². The number of alkyl halides is 3. The summed E-state index contributed by atoms with van der Waals surface area (Å²) in [6.45, 7) is 0.577. The molecule has 0 unspecified atom stereocenters. The molecule has 0 saturated carbocycles. The van der Waals surface area contributed by atoms with Crippen molar-refractivity contribution in [2.45, 2.75) is 17.6 Å². The van der Waals surface area contributed by atoms with E-state index in [0.717, 1.165) is 24.4 Å². The van der Waals surface area contributed by atoms with Gasteiger partial charge in [-0.3, -0.25) is 0 Å². The van der Waals surface area contributed by atoms with Crippen molar-refractivity contribution in [2.75, 3.05) is 12.3 Å². The molecule has 1 aromatic rings. The van der Waals surface area contributed by atoms with E-state index in [4.69, 9.17) is 5.73 Å². The van der Waals surface area contributed by atoms with E-state index in [1.165, 1.54) is 17.8 Å². The molecule has 0 radical (unpaired) electrons. The minimum absolute atomic E-state index is 0.577. The number of pyridine rings is 1. The normalized spacial score (nSPS) is 11.7. The fourth-order valence-electron chi connectivity index (χ4n) is 0.893. The fraction of sp³-hybridized carbons (Fsp3) is 0.444. The molecule has 0 aliphatic carbocycles. The lowest BCUT2D eigenvalue weighted by Gasteiger charge is -2.06. The van der Waals surface area contributed by atoms with Crippen LogP contribution in [0.2, 0.25) is 0 Å². The third-order valence-corrected chi connectivity index (χ3v) is 2.69. The van der Waals surface area contributed by atoms with Gasteiger partial charge < -0.3 is 5.73 Å². The summed E-state index contributed by atoms with van der Waals surface area (Å²) >= 11 is 1.41. The summed E-state index contributed by atoms with van der Waals surface area (Å²) in [5.74, 6) is 0.773. The lowest BCUT2D eigenvalue weighted by atomic mass is 10.3. The average Bonchev–Trinajstić information content (AvgIpc) is 2.18.